The number of aromatic amines is 1. The lowest BCUT2D eigenvalue weighted by atomic mass is 9.99. The van der Waals surface area contributed by atoms with Crippen molar-refractivity contribution in [3.05, 3.63) is 29.6 Å². The molecule has 1 aliphatic heterocycles. The van der Waals surface area contributed by atoms with Crippen LogP contribution in [-0.4, -0.2) is 45.9 Å². The standard InChI is InChI=1S/C18H25N5O2/c1-12-5-4-7-14-17(12)22-16(21-14)8-9-20-18(25)23-10-3-2-6-13(23)11-15(19)24/h4-5,7,13H,2-3,6,8-11H2,1H3,(H2,19,24)(H,20,25)(H,21,22)/t13-/m0/s1. The molecule has 1 fully saturated rings. The average Bonchev–Trinajstić information content (AvgIpc) is 2.99. The maximum absolute atomic E-state index is 12.4. The van der Waals surface area contributed by atoms with Crippen LogP contribution in [-0.2, 0) is 11.2 Å². The fourth-order valence-electron chi connectivity index (χ4n) is 3.45. The molecular formula is C18H25N5O2. The van der Waals surface area contributed by atoms with Crippen molar-refractivity contribution in [3.63, 3.8) is 0 Å². The topological polar surface area (TPSA) is 104 Å². The second kappa shape index (κ2) is 7.55. The van der Waals surface area contributed by atoms with Gasteiger partial charge in [0.05, 0.1) is 11.0 Å². The van der Waals surface area contributed by atoms with E-state index >= 15 is 0 Å². The van der Waals surface area contributed by atoms with E-state index in [1.54, 1.807) is 4.90 Å². The van der Waals surface area contributed by atoms with Crippen molar-refractivity contribution in [1.29, 1.82) is 0 Å². The first-order chi connectivity index (χ1) is 12.0. The molecule has 0 saturated carbocycles. The summed E-state index contributed by atoms with van der Waals surface area (Å²) >= 11 is 0. The summed E-state index contributed by atoms with van der Waals surface area (Å²) in [7, 11) is 0. The Balaban J connectivity index is 1.55. The lowest BCUT2D eigenvalue weighted by molar-refractivity contribution is -0.119. The maximum Gasteiger partial charge on any atom is 0.317 e. The molecular weight excluding hydrogens is 318 g/mol. The Bertz CT molecular complexity index is 770. The molecule has 4 N–H and O–H groups in total. The van der Waals surface area contributed by atoms with Crippen molar-refractivity contribution in [2.75, 3.05) is 13.1 Å². The zero-order valence-electron chi connectivity index (χ0n) is 14.5. The van der Waals surface area contributed by atoms with Crippen LogP contribution in [0.25, 0.3) is 11.0 Å². The van der Waals surface area contributed by atoms with E-state index in [-0.39, 0.29) is 24.4 Å². The van der Waals surface area contributed by atoms with Crippen molar-refractivity contribution < 1.29 is 9.59 Å². The van der Waals surface area contributed by atoms with Crippen LogP contribution in [0, 0.1) is 6.92 Å². The monoisotopic (exact) mass is 343 g/mol. The van der Waals surface area contributed by atoms with E-state index in [2.05, 4.69) is 15.3 Å². The van der Waals surface area contributed by atoms with Gasteiger partial charge in [0.25, 0.3) is 0 Å². The van der Waals surface area contributed by atoms with E-state index in [9.17, 15) is 9.59 Å². The van der Waals surface area contributed by atoms with Crippen LogP contribution in [0.5, 0.6) is 0 Å². The molecule has 7 heteroatoms. The number of fused-ring (bicyclic) bond motifs is 1. The largest absolute Gasteiger partial charge is 0.370 e. The van der Waals surface area contributed by atoms with Gasteiger partial charge in [-0.25, -0.2) is 9.78 Å². The number of primary amides is 1. The fourth-order valence-corrected chi connectivity index (χ4v) is 3.45. The Morgan fingerprint density at radius 3 is 3.00 bits per heavy atom. The number of hydrogen-bond acceptors (Lipinski definition) is 3. The number of imidazole rings is 1. The van der Waals surface area contributed by atoms with Gasteiger partial charge in [0, 0.05) is 32.0 Å². The quantitative estimate of drug-likeness (QED) is 0.771. The minimum atomic E-state index is -0.359. The molecule has 25 heavy (non-hydrogen) atoms. The molecule has 2 aromatic rings. The van der Waals surface area contributed by atoms with Gasteiger partial charge in [-0.3, -0.25) is 4.79 Å². The number of amides is 3. The van der Waals surface area contributed by atoms with Crippen LogP contribution in [0.1, 0.15) is 37.1 Å². The number of nitrogens with one attached hydrogen (secondary N) is 2. The first-order valence-corrected chi connectivity index (χ1v) is 8.81. The molecule has 3 rings (SSSR count). The minimum absolute atomic E-state index is 0.0832. The van der Waals surface area contributed by atoms with Gasteiger partial charge >= 0.3 is 6.03 Å². The smallest absolute Gasteiger partial charge is 0.317 e. The third kappa shape index (κ3) is 4.10. The lowest BCUT2D eigenvalue weighted by Crippen LogP contribution is -2.50. The second-order valence-electron chi connectivity index (χ2n) is 6.65. The van der Waals surface area contributed by atoms with Crippen LogP contribution < -0.4 is 11.1 Å². The molecule has 1 saturated heterocycles. The Kier molecular flexibility index (Phi) is 5.21. The predicted molar refractivity (Wildman–Crippen MR) is 96.1 cm³/mol. The van der Waals surface area contributed by atoms with Crippen molar-refractivity contribution in [3.8, 4) is 0 Å². The lowest BCUT2D eigenvalue weighted by Gasteiger charge is -2.35. The summed E-state index contributed by atoms with van der Waals surface area (Å²) in [6.07, 6.45) is 3.69. The van der Waals surface area contributed by atoms with Gasteiger partial charge in [0.15, 0.2) is 0 Å². The molecule has 1 aliphatic rings. The van der Waals surface area contributed by atoms with E-state index < -0.39 is 0 Å². The molecule has 1 aromatic heterocycles. The molecule has 1 atom stereocenters. The predicted octanol–water partition coefficient (Wildman–Crippen LogP) is 1.85. The van der Waals surface area contributed by atoms with E-state index in [0.717, 1.165) is 41.7 Å². The molecule has 0 aliphatic carbocycles. The molecule has 0 radical (unpaired) electrons. The van der Waals surface area contributed by atoms with Crippen LogP contribution in [0.2, 0.25) is 0 Å². The Morgan fingerprint density at radius 2 is 2.24 bits per heavy atom. The summed E-state index contributed by atoms with van der Waals surface area (Å²) in [4.78, 5) is 33.3. The Morgan fingerprint density at radius 1 is 1.40 bits per heavy atom. The highest BCUT2D eigenvalue weighted by Gasteiger charge is 2.27. The maximum atomic E-state index is 12.4. The zero-order valence-corrected chi connectivity index (χ0v) is 14.5. The molecule has 0 unspecified atom stereocenters. The summed E-state index contributed by atoms with van der Waals surface area (Å²) in [5.41, 5.74) is 8.42. The van der Waals surface area contributed by atoms with Crippen LogP contribution >= 0.6 is 0 Å². The van der Waals surface area contributed by atoms with Crippen molar-refractivity contribution in [2.24, 2.45) is 5.73 Å². The summed E-state index contributed by atoms with van der Waals surface area (Å²) in [5, 5.41) is 2.94. The third-order valence-corrected chi connectivity index (χ3v) is 4.73. The van der Waals surface area contributed by atoms with Crippen LogP contribution in [0.15, 0.2) is 18.2 Å². The number of aromatic nitrogens is 2. The van der Waals surface area contributed by atoms with Gasteiger partial charge in [0.1, 0.15) is 5.82 Å². The molecule has 0 spiro atoms. The van der Waals surface area contributed by atoms with E-state index in [4.69, 9.17) is 5.73 Å². The van der Waals surface area contributed by atoms with E-state index in [0.29, 0.717) is 19.5 Å². The molecule has 2 heterocycles. The second-order valence-corrected chi connectivity index (χ2v) is 6.65. The normalized spacial score (nSPS) is 17.6. The Labute approximate surface area is 147 Å². The summed E-state index contributed by atoms with van der Waals surface area (Å²) < 4.78 is 0. The number of nitrogens with two attached hydrogens (primary N) is 1. The summed E-state index contributed by atoms with van der Waals surface area (Å²) in [5.74, 6) is 0.499. The van der Waals surface area contributed by atoms with Gasteiger partial charge in [-0.05, 0) is 37.8 Å². The number of piperidine rings is 1. The van der Waals surface area contributed by atoms with Crippen molar-refractivity contribution in [2.45, 2.75) is 45.1 Å². The number of nitrogens with zero attached hydrogens (tertiary/aromatic N) is 2. The van der Waals surface area contributed by atoms with Gasteiger partial charge in [0.2, 0.25) is 5.91 Å². The third-order valence-electron chi connectivity index (χ3n) is 4.73. The van der Waals surface area contributed by atoms with Crippen molar-refractivity contribution >= 4 is 23.0 Å². The number of urea groups is 1. The van der Waals surface area contributed by atoms with Gasteiger partial charge in [-0.15, -0.1) is 0 Å². The number of aryl methyl sites for hydroxylation is 1. The fraction of sp³-hybridized carbons (Fsp3) is 0.500. The molecule has 134 valence electrons. The number of benzene rings is 1. The highest BCUT2D eigenvalue weighted by Crippen LogP contribution is 2.19. The number of hydrogen-bond donors (Lipinski definition) is 3. The molecule has 7 nitrogen and oxygen atoms in total. The average molecular weight is 343 g/mol. The van der Waals surface area contributed by atoms with E-state index in [1.807, 2.05) is 25.1 Å². The summed E-state index contributed by atoms with van der Waals surface area (Å²) in [6, 6.07) is 5.82. The highest BCUT2D eigenvalue weighted by molar-refractivity contribution is 5.79. The molecule has 0 bridgehead atoms. The van der Waals surface area contributed by atoms with Crippen molar-refractivity contribution in [1.82, 2.24) is 20.2 Å². The first-order valence-electron chi connectivity index (χ1n) is 8.81. The SMILES string of the molecule is Cc1cccc2[nH]c(CCNC(=O)N3CCCC[C@H]3CC(N)=O)nc12. The highest BCUT2D eigenvalue weighted by atomic mass is 16.2. The zero-order chi connectivity index (χ0) is 17.8. The van der Waals surface area contributed by atoms with Gasteiger partial charge in [-0.1, -0.05) is 12.1 Å². The Hall–Kier alpha value is -2.57. The van der Waals surface area contributed by atoms with Crippen LogP contribution in [0.3, 0.4) is 0 Å². The number of para-hydroxylation sites is 1. The molecule has 1 aromatic carbocycles. The van der Waals surface area contributed by atoms with E-state index in [1.165, 1.54) is 0 Å². The number of likely N-dealkylation sites (tertiary alicyclic amines) is 1. The minimum Gasteiger partial charge on any atom is -0.370 e. The molecule has 3 amide bonds. The number of carbonyl (C=O) groups is 2. The van der Waals surface area contributed by atoms with Crippen LogP contribution in [0.4, 0.5) is 4.79 Å². The van der Waals surface area contributed by atoms with Gasteiger partial charge < -0.3 is 20.9 Å². The number of carbonyl (C=O) groups excluding carboxylic acids is 2. The summed E-state index contributed by atoms with van der Waals surface area (Å²) in [6.45, 7) is 3.20. The first kappa shape index (κ1) is 17.3. The number of rotatable bonds is 5. The number of H-pyrrole nitrogens is 1. The van der Waals surface area contributed by atoms with Gasteiger partial charge in [-0.2, -0.15) is 0 Å².